The van der Waals surface area contributed by atoms with Crippen LogP contribution in [0.4, 0.5) is 0 Å². The van der Waals surface area contributed by atoms with E-state index in [-0.39, 0.29) is 17.9 Å². The minimum Gasteiger partial charge on any atom is -0.507 e. The summed E-state index contributed by atoms with van der Waals surface area (Å²) < 4.78 is 16.4. The number of rotatable bonds is 9. The van der Waals surface area contributed by atoms with Crippen LogP contribution in [0.15, 0.2) is 76.9 Å². The highest BCUT2D eigenvalue weighted by Gasteiger charge is 2.47. The number of ether oxygens (including phenoxy) is 2. The highest BCUT2D eigenvalue weighted by atomic mass is 16.5. The lowest BCUT2D eigenvalue weighted by Crippen LogP contribution is -2.31. The van der Waals surface area contributed by atoms with Gasteiger partial charge in [-0.25, -0.2) is 0 Å². The van der Waals surface area contributed by atoms with E-state index in [0.717, 1.165) is 17.7 Å². The van der Waals surface area contributed by atoms with Gasteiger partial charge in [0.15, 0.2) is 0 Å². The maximum atomic E-state index is 13.0. The highest BCUT2D eigenvalue weighted by molar-refractivity contribution is 6.46. The van der Waals surface area contributed by atoms with Gasteiger partial charge in [0.05, 0.1) is 25.6 Å². The van der Waals surface area contributed by atoms with Crippen LogP contribution in [0.2, 0.25) is 0 Å². The molecule has 176 valence electrons. The molecule has 7 heteroatoms. The van der Waals surface area contributed by atoms with Gasteiger partial charge in [-0.05, 0) is 66.9 Å². The van der Waals surface area contributed by atoms with Gasteiger partial charge in [0, 0.05) is 12.1 Å². The number of likely N-dealkylation sites (tertiary alicyclic amines) is 1. The zero-order chi connectivity index (χ0) is 24.1. The second kappa shape index (κ2) is 10.3. The van der Waals surface area contributed by atoms with Crippen molar-refractivity contribution in [2.24, 2.45) is 0 Å². The average molecular weight is 462 g/mol. The van der Waals surface area contributed by atoms with Crippen LogP contribution in [0.3, 0.4) is 0 Å². The van der Waals surface area contributed by atoms with Gasteiger partial charge in [-0.2, -0.15) is 0 Å². The van der Waals surface area contributed by atoms with Gasteiger partial charge in [0.2, 0.25) is 0 Å². The fraction of sp³-hybridized carbons (Fsp3) is 0.259. The van der Waals surface area contributed by atoms with E-state index in [0.29, 0.717) is 30.1 Å². The van der Waals surface area contributed by atoms with E-state index >= 15 is 0 Å². The van der Waals surface area contributed by atoms with Gasteiger partial charge in [-0.1, -0.05) is 19.1 Å². The molecule has 1 aliphatic rings. The van der Waals surface area contributed by atoms with E-state index in [1.165, 1.54) is 11.2 Å². The third kappa shape index (κ3) is 4.69. The smallest absolute Gasteiger partial charge is 0.295 e. The second-order valence-electron chi connectivity index (χ2n) is 7.98. The van der Waals surface area contributed by atoms with Gasteiger partial charge in [-0.3, -0.25) is 9.59 Å². The number of benzene rings is 2. The molecule has 0 aliphatic carbocycles. The van der Waals surface area contributed by atoms with Gasteiger partial charge in [0.25, 0.3) is 11.7 Å². The monoisotopic (exact) mass is 461 g/mol. The summed E-state index contributed by atoms with van der Waals surface area (Å²) in [6.45, 7) is 2.88. The summed E-state index contributed by atoms with van der Waals surface area (Å²) in [6, 6.07) is 16.9. The molecule has 0 saturated carbocycles. The van der Waals surface area contributed by atoms with Crippen molar-refractivity contribution < 1.29 is 28.6 Å². The van der Waals surface area contributed by atoms with E-state index in [4.69, 9.17) is 13.9 Å². The van der Waals surface area contributed by atoms with Crippen LogP contribution in [-0.4, -0.2) is 42.0 Å². The van der Waals surface area contributed by atoms with E-state index in [9.17, 15) is 14.7 Å². The number of hydrogen-bond donors (Lipinski definition) is 1. The molecule has 2 aromatic carbocycles. The van der Waals surface area contributed by atoms with Crippen molar-refractivity contribution in [1.82, 2.24) is 4.90 Å². The Labute approximate surface area is 198 Å². The maximum Gasteiger partial charge on any atom is 0.295 e. The number of methoxy groups -OCH3 is 1. The third-order valence-corrected chi connectivity index (χ3v) is 5.75. The molecule has 4 rings (SSSR count). The molecule has 1 N–H and O–H groups in total. The molecule has 0 bridgehead atoms. The number of carbonyl (C=O) groups excluding carboxylic acids is 2. The topological polar surface area (TPSA) is 89.2 Å². The molecule has 2 heterocycles. The first-order valence-electron chi connectivity index (χ1n) is 11.2. The number of ketones is 1. The first kappa shape index (κ1) is 23.2. The second-order valence-corrected chi connectivity index (χ2v) is 7.98. The molecule has 1 saturated heterocycles. The van der Waals surface area contributed by atoms with E-state index in [2.05, 4.69) is 0 Å². The van der Waals surface area contributed by atoms with Crippen molar-refractivity contribution in [1.29, 1.82) is 0 Å². The number of Topliss-reactive ketones (excluding diaryl/α,β-unsaturated/α-hetero) is 1. The standard InChI is InChI=1S/C27H27NO6/c1-3-16-33-21-12-8-19(9-13-21)25(29)23-24(22-5-4-17-34-22)28(27(31)26(23)30)15-14-18-6-10-20(32-2)11-7-18/h4-13,17,24,29H,3,14-16H2,1-2H3/b25-23-. The quantitative estimate of drug-likeness (QED) is 0.281. The first-order valence-corrected chi connectivity index (χ1v) is 11.2. The molecular weight excluding hydrogens is 434 g/mol. The Hall–Kier alpha value is -4.00. The van der Waals surface area contributed by atoms with E-state index in [1.54, 1.807) is 43.5 Å². The molecule has 7 nitrogen and oxygen atoms in total. The third-order valence-electron chi connectivity index (χ3n) is 5.75. The lowest BCUT2D eigenvalue weighted by Gasteiger charge is -2.23. The molecule has 3 aromatic rings. The number of aliphatic hydroxyl groups is 1. The Morgan fingerprint density at radius 2 is 1.74 bits per heavy atom. The first-order chi connectivity index (χ1) is 16.5. The van der Waals surface area contributed by atoms with Crippen LogP contribution in [0, 0.1) is 0 Å². The Morgan fingerprint density at radius 3 is 2.35 bits per heavy atom. The van der Waals surface area contributed by atoms with Gasteiger partial charge >= 0.3 is 0 Å². The normalized spacial score (nSPS) is 17.2. The summed E-state index contributed by atoms with van der Waals surface area (Å²) in [4.78, 5) is 27.5. The molecule has 34 heavy (non-hydrogen) atoms. The fourth-order valence-corrected chi connectivity index (χ4v) is 3.98. The number of amides is 1. The van der Waals surface area contributed by atoms with Gasteiger partial charge in [0.1, 0.15) is 29.1 Å². The average Bonchev–Trinajstić information content (AvgIpc) is 3.48. The molecule has 0 radical (unpaired) electrons. The number of carbonyl (C=O) groups is 2. The lowest BCUT2D eigenvalue weighted by atomic mass is 9.99. The highest BCUT2D eigenvalue weighted by Crippen LogP contribution is 2.39. The molecule has 1 fully saturated rings. The number of aliphatic hydroxyl groups excluding tert-OH is 1. The summed E-state index contributed by atoms with van der Waals surface area (Å²) in [5, 5.41) is 11.1. The minimum absolute atomic E-state index is 0.0110. The van der Waals surface area contributed by atoms with E-state index in [1.807, 2.05) is 31.2 Å². The predicted octanol–water partition coefficient (Wildman–Crippen LogP) is 4.74. The van der Waals surface area contributed by atoms with Crippen LogP contribution in [0.5, 0.6) is 11.5 Å². The molecule has 1 amide bonds. The molecular formula is C27H27NO6. The Morgan fingerprint density at radius 1 is 1.03 bits per heavy atom. The Bertz CT molecular complexity index is 1160. The van der Waals surface area contributed by atoms with Crippen molar-refractivity contribution in [2.45, 2.75) is 25.8 Å². The molecule has 0 spiro atoms. The Kier molecular flexibility index (Phi) is 7.01. The van der Waals surface area contributed by atoms with Crippen molar-refractivity contribution in [3.8, 4) is 11.5 Å². The van der Waals surface area contributed by atoms with Crippen LogP contribution < -0.4 is 9.47 Å². The lowest BCUT2D eigenvalue weighted by molar-refractivity contribution is -0.140. The summed E-state index contributed by atoms with van der Waals surface area (Å²) in [5.74, 6) is 0.179. The fourth-order valence-electron chi connectivity index (χ4n) is 3.98. The van der Waals surface area contributed by atoms with Crippen LogP contribution in [0.25, 0.3) is 5.76 Å². The number of hydrogen-bond acceptors (Lipinski definition) is 6. The van der Waals surface area contributed by atoms with Crippen molar-refractivity contribution in [3.05, 3.63) is 89.4 Å². The summed E-state index contributed by atoms with van der Waals surface area (Å²) >= 11 is 0. The van der Waals surface area contributed by atoms with Crippen LogP contribution in [-0.2, 0) is 16.0 Å². The van der Waals surface area contributed by atoms with Crippen molar-refractivity contribution in [3.63, 3.8) is 0 Å². The van der Waals surface area contributed by atoms with Crippen LogP contribution in [0.1, 0.15) is 36.3 Å². The Balaban J connectivity index is 1.64. The molecule has 1 aromatic heterocycles. The van der Waals surface area contributed by atoms with Crippen molar-refractivity contribution in [2.75, 3.05) is 20.3 Å². The number of furan rings is 1. The van der Waals surface area contributed by atoms with Gasteiger partial charge < -0.3 is 23.9 Å². The summed E-state index contributed by atoms with van der Waals surface area (Å²) in [5.41, 5.74) is 1.43. The van der Waals surface area contributed by atoms with E-state index < -0.39 is 17.7 Å². The summed E-state index contributed by atoms with van der Waals surface area (Å²) in [6.07, 6.45) is 2.89. The maximum absolute atomic E-state index is 13.0. The van der Waals surface area contributed by atoms with Gasteiger partial charge in [-0.15, -0.1) is 0 Å². The predicted molar refractivity (Wildman–Crippen MR) is 127 cm³/mol. The molecule has 1 atom stereocenters. The largest absolute Gasteiger partial charge is 0.507 e. The molecule has 1 aliphatic heterocycles. The van der Waals surface area contributed by atoms with Crippen LogP contribution >= 0.6 is 0 Å². The summed E-state index contributed by atoms with van der Waals surface area (Å²) in [7, 11) is 1.60. The number of nitrogens with zero attached hydrogens (tertiary/aromatic N) is 1. The molecule has 1 unspecified atom stereocenters. The minimum atomic E-state index is -0.815. The zero-order valence-electron chi connectivity index (χ0n) is 19.2. The van der Waals surface area contributed by atoms with Crippen molar-refractivity contribution >= 4 is 17.4 Å². The SMILES string of the molecule is CCCOc1ccc(/C(O)=C2/C(=O)C(=O)N(CCc3ccc(OC)cc3)C2c2ccco2)cc1. The zero-order valence-corrected chi connectivity index (χ0v) is 19.2.